The summed E-state index contributed by atoms with van der Waals surface area (Å²) in [6.07, 6.45) is 2.54. The molecule has 17 heteroatoms. The van der Waals surface area contributed by atoms with E-state index in [-0.39, 0.29) is 31.4 Å². The fraction of sp³-hybridized carbons (Fsp3) is 0.649. The Hall–Kier alpha value is -3.44. The largest absolute Gasteiger partial charge is 0.449 e. The number of benzene rings is 1. The number of rotatable bonds is 16. The smallest absolute Gasteiger partial charge is 0.407 e. The molecule has 0 aromatic heterocycles. The molecular formula is C37H56N6O8S3. The van der Waals surface area contributed by atoms with Crippen LogP contribution in [0.15, 0.2) is 30.3 Å². The van der Waals surface area contributed by atoms with Crippen LogP contribution >= 0.6 is 35.3 Å². The van der Waals surface area contributed by atoms with Crippen LogP contribution in [0.25, 0.3) is 0 Å². The lowest BCUT2D eigenvalue weighted by molar-refractivity contribution is -0.144. The van der Waals surface area contributed by atoms with Crippen LogP contribution in [0.2, 0.25) is 0 Å². The van der Waals surface area contributed by atoms with Gasteiger partial charge in [-0.25, -0.2) is 4.79 Å². The van der Waals surface area contributed by atoms with Gasteiger partial charge in [0.25, 0.3) is 5.91 Å². The highest BCUT2D eigenvalue weighted by Gasteiger charge is 2.53. The Labute approximate surface area is 331 Å². The predicted molar refractivity (Wildman–Crippen MR) is 214 cm³/mol. The molecule has 14 nitrogen and oxygen atoms in total. The topological polar surface area (TPSA) is 183 Å². The van der Waals surface area contributed by atoms with Gasteiger partial charge in [0, 0.05) is 27.1 Å². The molecule has 1 aromatic rings. The van der Waals surface area contributed by atoms with E-state index in [1.807, 2.05) is 40.9 Å². The van der Waals surface area contributed by atoms with Crippen molar-refractivity contribution in [3.8, 4) is 0 Å². The Bertz CT molecular complexity index is 1500. The number of thioether (sulfide) groups is 3. The molecule has 54 heavy (non-hydrogen) atoms. The van der Waals surface area contributed by atoms with Crippen molar-refractivity contribution in [2.45, 2.75) is 82.1 Å². The molecule has 4 atom stereocenters. The lowest BCUT2D eigenvalue weighted by Crippen LogP contribution is -2.59. The van der Waals surface area contributed by atoms with E-state index < -0.39 is 75.7 Å². The molecule has 0 bridgehead atoms. The van der Waals surface area contributed by atoms with Crippen LogP contribution in [-0.4, -0.2) is 131 Å². The summed E-state index contributed by atoms with van der Waals surface area (Å²) in [5.41, 5.74) is -0.187. The predicted octanol–water partition coefficient (Wildman–Crippen LogP) is 2.82. The second kappa shape index (κ2) is 20.5. The normalized spacial score (nSPS) is 18.2. The number of ether oxygens (including phenoxy) is 1. The Morgan fingerprint density at radius 3 is 2.22 bits per heavy atom. The first-order valence-corrected chi connectivity index (χ1v) is 21.4. The minimum atomic E-state index is -1.23. The minimum absolute atomic E-state index is 0.0955. The third-order valence-electron chi connectivity index (χ3n) is 8.82. The van der Waals surface area contributed by atoms with Crippen molar-refractivity contribution >= 4 is 76.7 Å². The fourth-order valence-electron chi connectivity index (χ4n) is 5.93. The summed E-state index contributed by atoms with van der Waals surface area (Å²) in [7, 11) is 3.12. The van der Waals surface area contributed by atoms with Crippen LogP contribution in [0.1, 0.15) is 65.5 Å². The van der Waals surface area contributed by atoms with Crippen molar-refractivity contribution in [1.82, 2.24) is 31.1 Å². The molecule has 2 fully saturated rings. The molecule has 3 rings (SSSR count). The van der Waals surface area contributed by atoms with Crippen molar-refractivity contribution in [3.05, 3.63) is 35.9 Å². The van der Waals surface area contributed by atoms with Gasteiger partial charge in [0.1, 0.15) is 18.1 Å². The molecule has 4 N–H and O–H groups in total. The lowest BCUT2D eigenvalue weighted by atomic mass is 9.85. The number of amides is 6. The minimum Gasteiger partial charge on any atom is -0.449 e. The standard InChI is InChI=1S/C37H56N6O8S3/c1-23(2)21-51-35(50)41-30(36(3,4)5)34(49)43-22-37(53-16-12-17-54-37)19-26(43)31(46)39-25(15-18-52-8)29(45)32(47)38-20-27(44)40-28(33(48)42(6)7)24-13-10-9-11-14-24/h9-11,13-14,23,25-26,28,30H,12,15-22H2,1-8H3,(H,38,47)(H,39,46)(H,40,44)(H,41,50)/t25?,26-,28?,30+/m0/s1. The molecule has 2 saturated heterocycles. The van der Waals surface area contributed by atoms with Gasteiger partial charge >= 0.3 is 6.09 Å². The van der Waals surface area contributed by atoms with Crippen molar-refractivity contribution in [3.63, 3.8) is 0 Å². The number of nitrogens with one attached hydrogen (secondary N) is 4. The molecule has 1 spiro atoms. The molecule has 2 aliphatic rings. The van der Waals surface area contributed by atoms with E-state index in [1.54, 1.807) is 68.0 Å². The molecule has 0 aliphatic carbocycles. The van der Waals surface area contributed by atoms with Gasteiger partial charge in [0.15, 0.2) is 0 Å². The van der Waals surface area contributed by atoms with Crippen LogP contribution in [0.3, 0.4) is 0 Å². The zero-order valence-electron chi connectivity index (χ0n) is 32.5. The average Bonchev–Trinajstić information content (AvgIpc) is 3.50. The summed E-state index contributed by atoms with van der Waals surface area (Å²) >= 11 is 4.83. The average molecular weight is 809 g/mol. The summed E-state index contributed by atoms with van der Waals surface area (Å²) in [5.74, 6) is -1.84. The number of likely N-dealkylation sites (tertiary alicyclic amines) is 1. The van der Waals surface area contributed by atoms with E-state index in [9.17, 15) is 33.6 Å². The molecule has 0 radical (unpaired) electrons. The Morgan fingerprint density at radius 1 is 1.00 bits per heavy atom. The Morgan fingerprint density at radius 2 is 1.65 bits per heavy atom. The van der Waals surface area contributed by atoms with Crippen LogP contribution in [0.4, 0.5) is 4.79 Å². The maximum atomic E-state index is 14.4. The summed E-state index contributed by atoms with van der Waals surface area (Å²) in [6, 6.07) is 4.42. The first-order valence-electron chi connectivity index (χ1n) is 18.1. The summed E-state index contributed by atoms with van der Waals surface area (Å²) in [6.45, 7) is 9.12. The number of carbonyl (C=O) groups is 7. The molecule has 6 amide bonds. The molecule has 2 heterocycles. The van der Waals surface area contributed by atoms with E-state index in [0.717, 1.165) is 17.9 Å². The second-order valence-corrected chi connectivity index (χ2v) is 19.3. The third kappa shape index (κ3) is 12.8. The highest BCUT2D eigenvalue weighted by atomic mass is 32.2. The SMILES string of the molecule is CSCCC(NC(=O)[C@@H]1CC2(CN1C(=O)[C@@H](NC(=O)OCC(C)C)C(C)(C)C)SCCCS2)C(=O)C(=O)NCC(=O)NC(C(=O)N(C)C)c1ccccc1. The summed E-state index contributed by atoms with van der Waals surface area (Å²) < 4.78 is 4.88. The van der Waals surface area contributed by atoms with Gasteiger partial charge in [-0.15, -0.1) is 23.5 Å². The van der Waals surface area contributed by atoms with Crippen LogP contribution in [-0.2, 0) is 33.5 Å². The number of hydrogen-bond donors (Lipinski definition) is 4. The first-order chi connectivity index (χ1) is 25.4. The molecular weight excluding hydrogens is 753 g/mol. The van der Waals surface area contributed by atoms with Gasteiger partial charge in [-0.2, -0.15) is 11.8 Å². The number of carbonyl (C=O) groups excluding carboxylic acids is 7. The molecule has 1 aromatic carbocycles. The number of ketones is 1. The van der Waals surface area contributed by atoms with Gasteiger partial charge in [-0.05, 0) is 53.3 Å². The molecule has 300 valence electrons. The van der Waals surface area contributed by atoms with Crippen molar-refractivity contribution < 1.29 is 38.3 Å². The van der Waals surface area contributed by atoms with Gasteiger partial charge in [-0.3, -0.25) is 28.8 Å². The third-order valence-corrected chi connectivity index (χ3v) is 12.8. The maximum absolute atomic E-state index is 14.4. The zero-order chi connectivity index (χ0) is 40.2. The van der Waals surface area contributed by atoms with Gasteiger partial charge in [0.05, 0.1) is 23.3 Å². The highest BCUT2D eigenvalue weighted by molar-refractivity contribution is 8.18. The van der Waals surface area contributed by atoms with E-state index in [4.69, 9.17) is 4.74 Å². The fourth-order valence-corrected chi connectivity index (χ4v) is 9.75. The molecule has 2 aliphatic heterocycles. The van der Waals surface area contributed by atoms with Crippen LogP contribution in [0, 0.1) is 11.3 Å². The molecule has 2 unspecified atom stereocenters. The zero-order valence-corrected chi connectivity index (χ0v) is 35.0. The number of alkyl carbamates (subject to hydrolysis) is 1. The number of nitrogens with zero attached hydrogens (tertiary/aromatic N) is 2. The monoisotopic (exact) mass is 808 g/mol. The van der Waals surface area contributed by atoms with E-state index in [0.29, 0.717) is 17.7 Å². The quantitative estimate of drug-likeness (QED) is 0.180. The van der Waals surface area contributed by atoms with Crippen molar-refractivity contribution in [2.24, 2.45) is 11.3 Å². The van der Waals surface area contributed by atoms with Gasteiger partial charge in [0.2, 0.25) is 29.4 Å². The lowest BCUT2D eigenvalue weighted by Gasteiger charge is -2.36. The van der Waals surface area contributed by atoms with Crippen LogP contribution in [0.5, 0.6) is 0 Å². The molecule has 0 saturated carbocycles. The maximum Gasteiger partial charge on any atom is 0.407 e. The second-order valence-electron chi connectivity index (χ2n) is 15.1. The van der Waals surface area contributed by atoms with E-state index in [1.165, 1.54) is 21.6 Å². The highest BCUT2D eigenvalue weighted by Crippen LogP contribution is 2.50. The van der Waals surface area contributed by atoms with Crippen molar-refractivity contribution in [1.29, 1.82) is 0 Å². The van der Waals surface area contributed by atoms with Crippen molar-refractivity contribution in [2.75, 3.05) is 57.3 Å². The van der Waals surface area contributed by atoms with E-state index in [2.05, 4.69) is 21.3 Å². The Balaban J connectivity index is 1.78. The van der Waals surface area contributed by atoms with Gasteiger partial charge < -0.3 is 35.8 Å². The van der Waals surface area contributed by atoms with Crippen LogP contribution < -0.4 is 21.3 Å². The number of likely N-dealkylation sites (N-methyl/N-ethyl adjacent to an activating group) is 1. The number of Topliss-reactive ketones (excluding diaryl/α,β-unsaturated/α-hetero) is 1. The summed E-state index contributed by atoms with van der Waals surface area (Å²) in [5, 5.41) is 10.5. The number of hydrogen-bond acceptors (Lipinski definition) is 11. The Kier molecular flexibility index (Phi) is 17.0. The first kappa shape index (κ1) is 45.0. The van der Waals surface area contributed by atoms with E-state index >= 15 is 0 Å². The summed E-state index contributed by atoms with van der Waals surface area (Å²) in [4.78, 5) is 96.6. The van der Waals surface area contributed by atoms with Gasteiger partial charge in [-0.1, -0.05) is 65.0 Å².